The SMILES string of the molecule is Cn1nc(C(=O)Nc2cc(S(=O)(=O)Nc3cccc(Cl)c3)ccc2O)c2ccccc2c1=O. The van der Waals surface area contributed by atoms with Gasteiger partial charge in [-0.1, -0.05) is 35.9 Å². The number of nitrogens with zero attached hydrogens (tertiary/aromatic N) is 2. The van der Waals surface area contributed by atoms with E-state index in [-0.39, 0.29) is 33.3 Å². The number of nitrogens with one attached hydrogen (secondary N) is 2. The molecule has 0 spiro atoms. The van der Waals surface area contributed by atoms with Gasteiger partial charge in [0.25, 0.3) is 21.5 Å². The fraction of sp³-hybridized carbons (Fsp3) is 0.0455. The number of phenolic OH excluding ortho intramolecular Hbond substituents is 1. The molecule has 0 aliphatic heterocycles. The molecule has 3 N–H and O–H groups in total. The summed E-state index contributed by atoms with van der Waals surface area (Å²) in [6, 6.07) is 16.1. The number of aromatic hydroxyl groups is 1. The van der Waals surface area contributed by atoms with Gasteiger partial charge in [0, 0.05) is 17.5 Å². The van der Waals surface area contributed by atoms with Crippen molar-refractivity contribution in [3.8, 4) is 5.75 Å². The molecule has 0 fully saturated rings. The van der Waals surface area contributed by atoms with Crippen LogP contribution in [-0.4, -0.2) is 29.2 Å². The van der Waals surface area contributed by atoms with E-state index in [2.05, 4.69) is 15.1 Å². The Morgan fingerprint density at radius 1 is 1.03 bits per heavy atom. The van der Waals surface area contributed by atoms with Crippen LogP contribution >= 0.6 is 11.6 Å². The topological polar surface area (TPSA) is 130 Å². The molecule has 0 aliphatic carbocycles. The number of benzene rings is 3. The van der Waals surface area contributed by atoms with Gasteiger partial charge in [0.2, 0.25) is 0 Å². The lowest BCUT2D eigenvalue weighted by atomic mass is 10.1. The normalized spacial score (nSPS) is 11.3. The molecule has 0 saturated carbocycles. The quantitative estimate of drug-likeness (QED) is 0.372. The van der Waals surface area contributed by atoms with Crippen LogP contribution in [0.15, 0.2) is 76.4 Å². The van der Waals surface area contributed by atoms with E-state index in [4.69, 9.17) is 11.6 Å². The van der Waals surface area contributed by atoms with E-state index >= 15 is 0 Å². The number of fused-ring (bicyclic) bond motifs is 1. The van der Waals surface area contributed by atoms with Crippen molar-refractivity contribution in [1.82, 2.24) is 9.78 Å². The monoisotopic (exact) mass is 484 g/mol. The van der Waals surface area contributed by atoms with Crippen LogP contribution in [0.1, 0.15) is 10.5 Å². The maximum atomic E-state index is 13.0. The number of aryl methyl sites for hydroxylation is 1. The Balaban J connectivity index is 1.68. The van der Waals surface area contributed by atoms with E-state index < -0.39 is 15.9 Å². The number of sulfonamides is 1. The first-order chi connectivity index (χ1) is 15.7. The predicted molar refractivity (Wildman–Crippen MR) is 125 cm³/mol. The zero-order chi connectivity index (χ0) is 23.8. The first-order valence-corrected chi connectivity index (χ1v) is 11.4. The summed E-state index contributed by atoms with van der Waals surface area (Å²) in [5.41, 5.74) is -0.321. The van der Waals surface area contributed by atoms with Gasteiger partial charge in [0.1, 0.15) is 5.75 Å². The minimum atomic E-state index is -4.05. The lowest BCUT2D eigenvalue weighted by Crippen LogP contribution is -2.25. The Morgan fingerprint density at radius 3 is 2.48 bits per heavy atom. The van der Waals surface area contributed by atoms with Crippen LogP contribution in [0.4, 0.5) is 11.4 Å². The zero-order valence-electron chi connectivity index (χ0n) is 17.1. The van der Waals surface area contributed by atoms with Crippen molar-refractivity contribution in [2.75, 3.05) is 10.0 Å². The number of hydrogen-bond acceptors (Lipinski definition) is 6. The summed E-state index contributed by atoms with van der Waals surface area (Å²) in [5.74, 6) is -1.08. The third kappa shape index (κ3) is 4.52. The summed E-state index contributed by atoms with van der Waals surface area (Å²) < 4.78 is 29.0. The first kappa shape index (κ1) is 22.3. The van der Waals surface area contributed by atoms with Gasteiger partial charge in [-0.05, 0) is 42.5 Å². The number of hydrogen-bond donors (Lipinski definition) is 3. The van der Waals surface area contributed by atoms with Gasteiger partial charge in [-0.25, -0.2) is 13.1 Å². The van der Waals surface area contributed by atoms with Crippen LogP contribution in [-0.2, 0) is 17.1 Å². The van der Waals surface area contributed by atoms with Crippen LogP contribution < -0.4 is 15.6 Å². The van der Waals surface area contributed by atoms with E-state index in [1.54, 1.807) is 36.4 Å². The number of halogens is 1. The predicted octanol–water partition coefficient (Wildman–Crippen LogP) is 3.35. The molecule has 1 amide bonds. The second kappa shape index (κ2) is 8.57. The number of carbonyl (C=O) groups excluding carboxylic acids is 1. The van der Waals surface area contributed by atoms with Crippen molar-refractivity contribution < 1.29 is 18.3 Å². The van der Waals surface area contributed by atoms with Gasteiger partial charge in [-0.15, -0.1) is 0 Å². The molecule has 0 atom stereocenters. The molecule has 0 bridgehead atoms. The Bertz CT molecular complexity index is 1570. The molecular formula is C22H17ClN4O5S. The van der Waals surface area contributed by atoms with Crippen molar-refractivity contribution in [3.05, 3.63) is 87.8 Å². The van der Waals surface area contributed by atoms with Gasteiger partial charge < -0.3 is 10.4 Å². The van der Waals surface area contributed by atoms with Gasteiger partial charge in [-0.3, -0.25) is 14.3 Å². The first-order valence-electron chi connectivity index (χ1n) is 9.54. The fourth-order valence-electron chi connectivity index (χ4n) is 3.20. The van der Waals surface area contributed by atoms with Crippen LogP contribution in [0.5, 0.6) is 5.75 Å². The highest BCUT2D eigenvalue weighted by atomic mass is 35.5. The number of aromatic nitrogens is 2. The summed E-state index contributed by atoms with van der Waals surface area (Å²) in [5, 5.41) is 17.7. The summed E-state index contributed by atoms with van der Waals surface area (Å²) >= 11 is 5.90. The third-order valence-electron chi connectivity index (χ3n) is 4.77. The fourth-order valence-corrected chi connectivity index (χ4v) is 4.46. The maximum absolute atomic E-state index is 13.0. The van der Waals surface area contributed by atoms with Crippen LogP contribution in [0, 0.1) is 0 Å². The summed E-state index contributed by atoms with van der Waals surface area (Å²) in [6.07, 6.45) is 0. The second-order valence-electron chi connectivity index (χ2n) is 7.07. The number of anilines is 2. The minimum Gasteiger partial charge on any atom is -0.506 e. The van der Waals surface area contributed by atoms with E-state index in [1.165, 1.54) is 25.2 Å². The molecule has 4 aromatic rings. The molecule has 33 heavy (non-hydrogen) atoms. The van der Waals surface area contributed by atoms with Gasteiger partial charge >= 0.3 is 0 Å². The van der Waals surface area contributed by atoms with Crippen molar-refractivity contribution in [1.29, 1.82) is 0 Å². The van der Waals surface area contributed by atoms with E-state index in [9.17, 15) is 23.1 Å². The molecule has 1 heterocycles. The summed E-state index contributed by atoms with van der Waals surface area (Å²) in [6.45, 7) is 0. The Morgan fingerprint density at radius 2 is 1.76 bits per heavy atom. The van der Waals surface area contributed by atoms with Crippen LogP contribution in [0.3, 0.4) is 0 Å². The molecule has 3 aromatic carbocycles. The Hall–Kier alpha value is -3.89. The number of amides is 1. The zero-order valence-corrected chi connectivity index (χ0v) is 18.7. The van der Waals surface area contributed by atoms with Crippen LogP contribution in [0.2, 0.25) is 5.02 Å². The van der Waals surface area contributed by atoms with Gasteiger partial charge in [0.15, 0.2) is 5.69 Å². The number of phenols is 1. The van der Waals surface area contributed by atoms with E-state index in [0.29, 0.717) is 15.8 Å². The molecular weight excluding hydrogens is 468 g/mol. The van der Waals surface area contributed by atoms with Crippen molar-refractivity contribution >= 4 is 49.7 Å². The van der Waals surface area contributed by atoms with Crippen molar-refractivity contribution in [2.45, 2.75) is 4.90 Å². The van der Waals surface area contributed by atoms with Crippen LogP contribution in [0.25, 0.3) is 10.8 Å². The molecule has 4 rings (SSSR count). The number of rotatable bonds is 5. The third-order valence-corrected chi connectivity index (χ3v) is 6.39. The molecule has 0 radical (unpaired) electrons. The van der Waals surface area contributed by atoms with Gasteiger partial charge in [0.05, 0.1) is 21.7 Å². The average molecular weight is 485 g/mol. The molecule has 0 unspecified atom stereocenters. The Labute approximate surface area is 193 Å². The molecule has 11 heteroatoms. The van der Waals surface area contributed by atoms with Crippen molar-refractivity contribution in [2.24, 2.45) is 7.05 Å². The number of carbonyl (C=O) groups is 1. The summed E-state index contributed by atoms with van der Waals surface area (Å²) in [4.78, 5) is 25.0. The van der Waals surface area contributed by atoms with Gasteiger partial charge in [-0.2, -0.15) is 5.10 Å². The molecule has 0 saturated heterocycles. The van der Waals surface area contributed by atoms with E-state index in [0.717, 1.165) is 16.8 Å². The minimum absolute atomic E-state index is 0.0580. The highest BCUT2D eigenvalue weighted by molar-refractivity contribution is 7.92. The molecule has 168 valence electrons. The smallest absolute Gasteiger partial charge is 0.276 e. The molecule has 1 aromatic heterocycles. The Kier molecular flexibility index (Phi) is 5.79. The van der Waals surface area contributed by atoms with Crippen molar-refractivity contribution in [3.63, 3.8) is 0 Å². The average Bonchev–Trinajstić information content (AvgIpc) is 2.77. The largest absolute Gasteiger partial charge is 0.506 e. The highest BCUT2D eigenvalue weighted by Crippen LogP contribution is 2.28. The van der Waals surface area contributed by atoms with E-state index in [1.807, 2.05) is 0 Å². The molecule has 0 aliphatic rings. The lowest BCUT2D eigenvalue weighted by molar-refractivity contribution is 0.102. The lowest BCUT2D eigenvalue weighted by Gasteiger charge is -2.12. The molecule has 9 nitrogen and oxygen atoms in total. The summed E-state index contributed by atoms with van der Waals surface area (Å²) in [7, 11) is -2.63. The highest BCUT2D eigenvalue weighted by Gasteiger charge is 2.20. The maximum Gasteiger partial charge on any atom is 0.276 e. The second-order valence-corrected chi connectivity index (χ2v) is 9.19. The standard InChI is InChI=1S/C22H17ClN4O5S/c1-27-22(30)17-8-3-2-7-16(17)20(25-27)21(29)24-18-12-15(9-10-19(18)28)33(31,32)26-14-6-4-5-13(23)11-14/h2-12,26,28H,1H3,(H,24,29).